The molecule has 0 saturated heterocycles. The van der Waals surface area contributed by atoms with Gasteiger partial charge in [-0.15, -0.1) is 11.8 Å². The Labute approximate surface area is 105 Å². The average Bonchev–Trinajstić information content (AvgIpc) is 2.22. The smallest absolute Gasteiger partial charge is 0.225 e. The Balaban J connectivity index is 2.82. The van der Waals surface area contributed by atoms with Crippen molar-refractivity contribution in [1.82, 2.24) is 0 Å². The van der Waals surface area contributed by atoms with Crippen molar-refractivity contribution in [2.45, 2.75) is 18.2 Å². The molecule has 0 radical (unpaired) electrons. The van der Waals surface area contributed by atoms with Crippen molar-refractivity contribution in [3.63, 3.8) is 0 Å². The van der Waals surface area contributed by atoms with Gasteiger partial charge in [-0.3, -0.25) is 4.79 Å². The van der Waals surface area contributed by atoms with Crippen LogP contribution in [0.4, 0.5) is 5.69 Å². The molecule has 0 saturated carbocycles. The molecule has 0 heterocycles. The number of nitrogens with one attached hydrogen (secondary N) is 1. The summed E-state index contributed by atoms with van der Waals surface area (Å²) in [7, 11) is 0. The van der Waals surface area contributed by atoms with Crippen LogP contribution in [0.1, 0.15) is 13.3 Å². The molecule has 1 amide bonds. The maximum absolute atomic E-state index is 11.4. The average molecular weight is 259 g/mol. The number of hydrogen-bond acceptors (Lipinski definition) is 3. The van der Waals surface area contributed by atoms with E-state index in [0.717, 1.165) is 16.3 Å². The van der Waals surface area contributed by atoms with Gasteiger partial charge < -0.3 is 11.1 Å². The van der Waals surface area contributed by atoms with Crippen LogP contribution < -0.4 is 11.1 Å². The lowest BCUT2D eigenvalue weighted by Crippen LogP contribution is -2.16. The molecule has 0 aliphatic rings. The van der Waals surface area contributed by atoms with Crippen molar-refractivity contribution in [3.8, 4) is 0 Å². The SMILES string of the molecule is CCSc1ccc(Cl)cc1NC(=O)CCN. The van der Waals surface area contributed by atoms with Gasteiger partial charge in [0, 0.05) is 22.9 Å². The Bertz CT molecular complexity index is 371. The van der Waals surface area contributed by atoms with Crippen molar-refractivity contribution >= 4 is 35.0 Å². The number of nitrogens with two attached hydrogens (primary N) is 1. The molecule has 1 aromatic rings. The minimum Gasteiger partial charge on any atom is -0.330 e. The summed E-state index contributed by atoms with van der Waals surface area (Å²) in [5.74, 6) is 0.865. The third-order valence-corrected chi connectivity index (χ3v) is 3.08. The highest BCUT2D eigenvalue weighted by atomic mass is 35.5. The molecule has 0 bridgehead atoms. The number of halogens is 1. The highest BCUT2D eigenvalue weighted by molar-refractivity contribution is 7.99. The highest BCUT2D eigenvalue weighted by Gasteiger charge is 2.07. The van der Waals surface area contributed by atoms with Gasteiger partial charge in [-0.1, -0.05) is 18.5 Å². The zero-order valence-corrected chi connectivity index (χ0v) is 10.7. The van der Waals surface area contributed by atoms with E-state index in [1.165, 1.54) is 0 Å². The van der Waals surface area contributed by atoms with Gasteiger partial charge in [0.2, 0.25) is 5.91 Å². The lowest BCUT2D eigenvalue weighted by Gasteiger charge is -2.10. The second-order valence-corrected chi connectivity index (χ2v) is 4.90. The Morgan fingerprint density at radius 1 is 1.56 bits per heavy atom. The van der Waals surface area contributed by atoms with Crippen LogP contribution in [0.15, 0.2) is 23.1 Å². The first kappa shape index (κ1) is 13.4. The largest absolute Gasteiger partial charge is 0.330 e. The number of benzene rings is 1. The van der Waals surface area contributed by atoms with E-state index in [1.54, 1.807) is 17.8 Å². The lowest BCUT2D eigenvalue weighted by molar-refractivity contribution is -0.116. The highest BCUT2D eigenvalue weighted by Crippen LogP contribution is 2.29. The van der Waals surface area contributed by atoms with E-state index in [9.17, 15) is 4.79 Å². The van der Waals surface area contributed by atoms with E-state index in [4.69, 9.17) is 17.3 Å². The molecule has 0 unspecified atom stereocenters. The number of carbonyl (C=O) groups is 1. The first-order chi connectivity index (χ1) is 7.67. The van der Waals surface area contributed by atoms with E-state index < -0.39 is 0 Å². The molecule has 3 nitrogen and oxygen atoms in total. The van der Waals surface area contributed by atoms with Gasteiger partial charge in [-0.05, 0) is 24.0 Å². The minimum atomic E-state index is -0.0808. The molecule has 5 heteroatoms. The Morgan fingerprint density at radius 2 is 2.31 bits per heavy atom. The fourth-order valence-corrected chi connectivity index (χ4v) is 2.14. The van der Waals surface area contributed by atoms with Crippen molar-refractivity contribution in [2.24, 2.45) is 5.73 Å². The number of anilines is 1. The molecular formula is C11H15ClN2OS. The summed E-state index contributed by atoms with van der Waals surface area (Å²) in [6.45, 7) is 2.41. The predicted octanol–water partition coefficient (Wildman–Crippen LogP) is 2.74. The number of thioether (sulfide) groups is 1. The summed E-state index contributed by atoms with van der Waals surface area (Å²) >= 11 is 7.56. The van der Waals surface area contributed by atoms with Crippen LogP contribution in [0, 0.1) is 0 Å². The summed E-state index contributed by atoms with van der Waals surface area (Å²) in [6.07, 6.45) is 0.322. The van der Waals surface area contributed by atoms with Crippen LogP contribution in [0.25, 0.3) is 0 Å². The number of hydrogen-bond donors (Lipinski definition) is 2. The summed E-state index contributed by atoms with van der Waals surface area (Å²) in [6, 6.07) is 5.49. The third kappa shape index (κ3) is 4.04. The molecular weight excluding hydrogens is 244 g/mol. The van der Waals surface area contributed by atoms with Crippen LogP contribution in [-0.2, 0) is 4.79 Å². The summed E-state index contributed by atoms with van der Waals surface area (Å²) in [5.41, 5.74) is 6.08. The minimum absolute atomic E-state index is 0.0808. The fraction of sp³-hybridized carbons (Fsp3) is 0.364. The first-order valence-electron chi connectivity index (χ1n) is 5.09. The van der Waals surface area contributed by atoms with Crippen LogP contribution in [0.2, 0.25) is 5.02 Å². The number of carbonyl (C=O) groups excluding carboxylic acids is 1. The zero-order valence-electron chi connectivity index (χ0n) is 9.13. The second kappa shape index (κ2) is 6.78. The fourth-order valence-electron chi connectivity index (χ4n) is 1.23. The van der Waals surface area contributed by atoms with Gasteiger partial charge >= 0.3 is 0 Å². The summed E-state index contributed by atoms with van der Waals surface area (Å²) in [5, 5.41) is 3.43. The summed E-state index contributed by atoms with van der Waals surface area (Å²) in [4.78, 5) is 12.5. The van der Waals surface area contributed by atoms with E-state index in [1.807, 2.05) is 12.1 Å². The van der Waals surface area contributed by atoms with Gasteiger partial charge in [0.05, 0.1) is 5.69 Å². The molecule has 0 atom stereocenters. The summed E-state index contributed by atoms with van der Waals surface area (Å²) < 4.78 is 0. The van der Waals surface area contributed by atoms with E-state index in [-0.39, 0.29) is 5.91 Å². The van der Waals surface area contributed by atoms with Crippen LogP contribution in [0.3, 0.4) is 0 Å². The molecule has 1 rings (SSSR count). The zero-order chi connectivity index (χ0) is 12.0. The number of amides is 1. The van der Waals surface area contributed by atoms with Gasteiger partial charge in [-0.2, -0.15) is 0 Å². The van der Waals surface area contributed by atoms with E-state index >= 15 is 0 Å². The molecule has 0 aliphatic carbocycles. The Morgan fingerprint density at radius 3 is 2.94 bits per heavy atom. The molecule has 0 aromatic heterocycles. The first-order valence-corrected chi connectivity index (χ1v) is 6.46. The van der Waals surface area contributed by atoms with E-state index in [2.05, 4.69) is 12.2 Å². The molecule has 0 aliphatic heterocycles. The Hall–Kier alpha value is -0.710. The normalized spacial score (nSPS) is 10.2. The van der Waals surface area contributed by atoms with Gasteiger partial charge in [0.1, 0.15) is 0 Å². The molecule has 16 heavy (non-hydrogen) atoms. The Kier molecular flexibility index (Phi) is 5.66. The quantitative estimate of drug-likeness (QED) is 0.799. The standard InChI is InChI=1S/C11H15ClN2OS/c1-2-16-10-4-3-8(12)7-9(10)14-11(15)5-6-13/h3-4,7H,2,5-6,13H2,1H3,(H,14,15). The van der Waals surface area contributed by atoms with Crippen LogP contribution in [-0.4, -0.2) is 18.2 Å². The molecule has 0 spiro atoms. The molecule has 88 valence electrons. The van der Waals surface area contributed by atoms with Crippen molar-refractivity contribution in [2.75, 3.05) is 17.6 Å². The molecule has 0 fully saturated rings. The van der Waals surface area contributed by atoms with Crippen molar-refractivity contribution in [3.05, 3.63) is 23.2 Å². The maximum Gasteiger partial charge on any atom is 0.225 e. The van der Waals surface area contributed by atoms with Crippen LogP contribution >= 0.6 is 23.4 Å². The third-order valence-electron chi connectivity index (χ3n) is 1.89. The number of rotatable bonds is 5. The molecule has 3 N–H and O–H groups in total. The molecule has 1 aromatic carbocycles. The second-order valence-electron chi connectivity index (χ2n) is 3.16. The van der Waals surface area contributed by atoms with E-state index in [0.29, 0.717) is 18.0 Å². The van der Waals surface area contributed by atoms with Gasteiger partial charge in [0.25, 0.3) is 0 Å². The van der Waals surface area contributed by atoms with Crippen molar-refractivity contribution in [1.29, 1.82) is 0 Å². The van der Waals surface area contributed by atoms with Gasteiger partial charge in [0.15, 0.2) is 0 Å². The lowest BCUT2D eigenvalue weighted by atomic mass is 10.3. The van der Waals surface area contributed by atoms with Crippen molar-refractivity contribution < 1.29 is 4.79 Å². The predicted molar refractivity (Wildman–Crippen MR) is 70.2 cm³/mol. The van der Waals surface area contributed by atoms with Crippen LogP contribution in [0.5, 0.6) is 0 Å². The monoisotopic (exact) mass is 258 g/mol. The maximum atomic E-state index is 11.4. The topological polar surface area (TPSA) is 55.1 Å². The van der Waals surface area contributed by atoms with Gasteiger partial charge in [-0.25, -0.2) is 0 Å².